The number of fused-ring (bicyclic) bond motifs is 2. The van der Waals surface area contributed by atoms with Gasteiger partial charge in [0.2, 0.25) is 5.91 Å². The van der Waals surface area contributed by atoms with E-state index in [9.17, 15) is 14.0 Å². The first kappa shape index (κ1) is 19.7. The van der Waals surface area contributed by atoms with Gasteiger partial charge in [-0.15, -0.1) is 0 Å². The van der Waals surface area contributed by atoms with Gasteiger partial charge in [-0.25, -0.2) is 9.37 Å². The third kappa shape index (κ3) is 3.78. The van der Waals surface area contributed by atoms with Gasteiger partial charge in [-0.3, -0.25) is 14.2 Å². The Balaban J connectivity index is 1.32. The lowest BCUT2D eigenvalue weighted by Gasteiger charge is -2.19. The molecule has 9 nitrogen and oxygen atoms in total. The Hall–Kier alpha value is -4.21. The van der Waals surface area contributed by atoms with E-state index in [4.69, 9.17) is 14.0 Å². The number of aromatic nitrogens is 3. The summed E-state index contributed by atoms with van der Waals surface area (Å²) in [6.45, 7) is 1.04. The number of hydrogen-bond donors (Lipinski definition) is 1. The third-order valence-electron chi connectivity index (χ3n) is 4.99. The van der Waals surface area contributed by atoms with Crippen LogP contribution in [0.1, 0.15) is 6.42 Å². The highest BCUT2D eigenvalue weighted by Gasteiger charge is 2.18. The quantitative estimate of drug-likeness (QED) is 0.512. The average Bonchev–Trinajstić information content (AvgIpc) is 3.24. The van der Waals surface area contributed by atoms with Gasteiger partial charge < -0.3 is 19.3 Å². The van der Waals surface area contributed by atoms with E-state index < -0.39 is 11.4 Å². The first-order valence-corrected chi connectivity index (χ1v) is 9.89. The molecule has 0 aliphatic carbocycles. The maximum absolute atomic E-state index is 13.2. The largest absolute Gasteiger partial charge is 0.486 e. The van der Waals surface area contributed by atoms with E-state index in [2.05, 4.69) is 15.5 Å². The second kappa shape index (κ2) is 8.14. The van der Waals surface area contributed by atoms with Gasteiger partial charge in [-0.2, -0.15) is 0 Å². The van der Waals surface area contributed by atoms with Crippen molar-refractivity contribution in [1.29, 1.82) is 0 Å². The highest BCUT2D eigenvalue weighted by atomic mass is 19.1. The van der Waals surface area contributed by atoms with Gasteiger partial charge in [-0.1, -0.05) is 5.16 Å². The second-order valence-electron chi connectivity index (χ2n) is 7.12. The Labute approximate surface area is 180 Å². The molecule has 0 fully saturated rings. The molecule has 0 unspecified atom stereocenters. The summed E-state index contributed by atoms with van der Waals surface area (Å²) in [5.41, 5.74) is 1.04. The van der Waals surface area contributed by atoms with Crippen molar-refractivity contribution in [3.05, 3.63) is 65.0 Å². The molecule has 4 aromatic rings. The molecular formula is C22H17FN4O5. The predicted octanol–water partition coefficient (Wildman–Crippen LogP) is 2.99. The van der Waals surface area contributed by atoms with E-state index in [0.717, 1.165) is 0 Å². The van der Waals surface area contributed by atoms with Crippen molar-refractivity contribution >= 4 is 22.7 Å². The number of aryl methyl sites for hydroxylation is 1. The molecule has 1 aliphatic rings. The van der Waals surface area contributed by atoms with Gasteiger partial charge in [0.15, 0.2) is 11.5 Å². The van der Waals surface area contributed by atoms with E-state index in [-0.39, 0.29) is 35.7 Å². The number of benzene rings is 2. The minimum Gasteiger partial charge on any atom is -0.486 e. The van der Waals surface area contributed by atoms with Crippen LogP contribution in [0.5, 0.6) is 11.5 Å². The number of hydrogen-bond acceptors (Lipinski definition) is 7. The Morgan fingerprint density at radius 3 is 2.69 bits per heavy atom. The lowest BCUT2D eigenvalue weighted by atomic mass is 10.1. The summed E-state index contributed by atoms with van der Waals surface area (Å²) in [5.74, 6) is 0.519. The van der Waals surface area contributed by atoms with Gasteiger partial charge in [0, 0.05) is 30.3 Å². The summed E-state index contributed by atoms with van der Waals surface area (Å²) in [4.78, 5) is 29.5. The molecule has 0 saturated carbocycles. The predicted molar refractivity (Wildman–Crippen MR) is 112 cm³/mol. The molecule has 1 aliphatic heterocycles. The number of nitrogens with zero attached hydrogens (tertiary/aromatic N) is 3. The monoisotopic (exact) mass is 436 g/mol. The van der Waals surface area contributed by atoms with Gasteiger partial charge in [0.1, 0.15) is 36.4 Å². The standard InChI is InChI=1S/C22H17FN4O5/c23-14-3-1-13(2-4-14)20-19-21(32-26-20)24-12-27(22(19)29)8-7-18(28)25-15-5-6-16-17(11-15)31-10-9-30-16/h1-6,11-12H,7-10H2,(H,25,28). The van der Waals surface area contributed by atoms with Crippen LogP contribution in [0.2, 0.25) is 0 Å². The lowest BCUT2D eigenvalue weighted by Crippen LogP contribution is -2.23. The van der Waals surface area contributed by atoms with Crippen LogP contribution < -0.4 is 20.3 Å². The molecule has 0 radical (unpaired) electrons. The molecule has 2 aromatic heterocycles. The highest BCUT2D eigenvalue weighted by molar-refractivity contribution is 5.91. The number of anilines is 1. The minimum absolute atomic E-state index is 0.0404. The number of carbonyl (C=O) groups is 1. The first-order valence-electron chi connectivity index (χ1n) is 9.89. The minimum atomic E-state index is -0.402. The van der Waals surface area contributed by atoms with Crippen molar-refractivity contribution < 1.29 is 23.2 Å². The smallest absolute Gasteiger partial charge is 0.266 e. The fourth-order valence-corrected chi connectivity index (χ4v) is 3.41. The van der Waals surface area contributed by atoms with Crippen molar-refractivity contribution in [2.75, 3.05) is 18.5 Å². The number of carbonyl (C=O) groups excluding carboxylic acids is 1. The van der Waals surface area contributed by atoms with Gasteiger partial charge in [0.05, 0.1) is 0 Å². The maximum atomic E-state index is 13.2. The Morgan fingerprint density at radius 2 is 1.88 bits per heavy atom. The number of nitrogens with one attached hydrogen (secondary N) is 1. The Bertz CT molecular complexity index is 1360. The second-order valence-corrected chi connectivity index (χ2v) is 7.12. The molecule has 3 heterocycles. The molecule has 1 N–H and O–H groups in total. The van der Waals surface area contributed by atoms with E-state index in [1.54, 1.807) is 18.2 Å². The van der Waals surface area contributed by atoms with E-state index in [0.29, 0.717) is 36.0 Å². The normalized spacial score (nSPS) is 12.7. The zero-order valence-corrected chi connectivity index (χ0v) is 16.7. The zero-order chi connectivity index (χ0) is 22.1. The Kier molecular flexibility index (Phi) is 5.02. The van der Waals surface area contributed by atoms with E-state index in [1.165, 1.54) is 35.2 Å². The fourth-order valence-electron chi connectivity index (χ4n) is 3.41. The van der Waals surface area contributed by atoms with Crippen molar-refractivity contribution in [3.8, 4) is 22.8 Å². The number of amides is 1. The summed E-state index contributed by atoms with van der Waals surface area (Å²) in [7, 11) is 0. The van der Waals surface area contributed by atoms with Crippen LogP contribution in [-0.2, 0) is 11.3 Å². The van der Waals surface area contributed by atoms with Crippen molar-refractivity contribution in [2.45, 2.75) is 13.0 Å². The van der Waals surface area contributed by atoms with Crippen LogP contribution in [0.15, 0.2) is 58.1 Å². The van der Waals surface area contributed by atoms with Gasteiger partial charge >= 0.3 is 0 Å². The van der Waals surface area contributed by atoms with Crippen LogP contribution >= 0.6 is 0 Å². The average molecular weight is 436 g/mol. The molecule has 10 heteroatoms. The van der Waals surface area contributed by atoms with Crippen LogP contribution in [0.4, 0.5) is 10.1 Å². The topological polar surface area (TPSA) is 108 Å². The molecule has 0 spiro atoms. The molecule has 32 heavy (non-hydrogen) atoms. The third-order valence-corrected chi connectivity index (χ3v) is 4.99. The highest BCUT2D eigenvalue weighted by Crippen LogP contribution is 2.32. The van der Waals surface area contributed by atoms with E-state index in [1.807, 2.05) is 0 Å². The molecule has 1 amide bonds. The summed E-state index contributed by atoms with van der Waals surface area (Å²) in [5, 5.41) is 6.86. The van der Waals surface area contributed by atoms with Gasteiger partial charge in [0.25, 0.3) is 11.3 Å². The first-order chi connectivity index (χ1) is 15.6. The van der Waals surface area contributed by atoms with Crippen LogP contribution in [0.3, 0.4) is 0 Å². The number of rotatable bonds is 5. The molecule has 162 valence electrons. The van der Waals surface area contributed by atoms with Crippen LogP contribution in [-0.4, -0.2) is 33.8 Å². The molecule has 0 bridgehead atoms. The SMILES string of the molecule is O=C(CCn1cnc2onc(-c3ccc(F)cc3)c2c1=O)Nc1ccc2c(c1)OCCO2. The van der Waals surface area contributed by atoms with Crippen molar-refractivity contribution in [3.63, 3.8) is 0 Å². The summed E-state index contributed by atoms with van der Waals surface area (Å²) in [6, 6.07) is 10.7. The van der Waals surface area contributed by atoms with Crippen molar-refractivity contribution in [2.24, 2.45) is 0 Å². The maximum Gasteiger partial charge on any atom is 0.266 e. The van der Waals surface area contributed by atoms with Crippen LogP contribution in [0.25, 0.3) is 22.4 Å². The lowest BCUT2D eigenvalue weighted by molar-refractivity contribution is -0.116. The molecule has 0 saturated heterocycles. The fraction of sp³-hybridized carbons (Fsp3) is 0.182. The Morgan fingerprint density at radius 1 is 1.09 bits per heavy atom. The molecule has 0 atom stereocenters. The van der Waals surface area contributed by atoms with Crippen molar-refractivity contribution in [1.82, 2.24) is 14.7 Å². The van der Waals surface area contributed by atoms with Crippen LogP contribution in [0, 0.1) is 5.82 Å². The number of halogens is 1. The number of ether oxygens (including phenoxy) is 2. The molecule has 5 rings (SSSR count). The molecule has 2 aromatic carbocycles. The summed E-state index contributed by atoms with van der Waals surface area (Å²) >= 11 is 0. The summed E-state index contributed by atoms with van der Waals surface area (Å²) in [6.07, 6.45) is 1.35. The van der Waals surface area contributed by atoms with E-state index >= 15 is 0 Å². The summed E-state index contributed by atoms with van der Waals surface area (Å²) < 4.78 is 30.7. The molecular weight excluding hydrogens is 419 g/mol. The zero-order valence-electron chi connectivity index (χ0n) is 16.7. The van der Waals surface area contributed by atoms with Gasteiger partial charge in [-0.05, 0) is 36.4 Å².